The van der Waals surface area contributed by atoms with E-state index in [9.17, 15) is 10.1 Å². The molecule has 8 heteroatoms. The Bertz CT molecular complexity index is 754. The molecule has 0 fully saturated rings. The maximum absolute atomic E-state index is 11.4. The van der Waals surface area contributed by atoms with Crippen molar-refractivity contribution in [2.75, 3.05) is 11.9 Å². The molecule has 0 heterocycles. The first-order valence-electron chi connectivity index (χ1n) is 6.73. The van der Waals surface area contributed by atoms with Gasteiger partial charge in [0.25, 0.3) is 11.6 Å². The van der Waals surface area contributed by atoms with Crippen molar-refractivity contribution in [3.8, 4) is 0 Å². The summed E-state index contributed by atoms with van der Waals surface area (Å²) in [6.45, 7) is 0. The Morgan fingerprint density at radius 1 is 1.26 bits per heavy atom. The predicted octanol–water partition coefficient (Wildman–Crippen LogP) is 0.0506. The molecule has 5 N–H and O–H groups in total. The van der Waals surface area contributed by atoms with Crippen LogP contribution in [0.1, 0.15) is 5.56 Å². The van der Waals surface area contributed by atoms with E-state index < -0.39 is 4.92 Å². The third-order valence-corrected chi connectivity index (χ3v) is 3.13. The van der Waals surface area contributed by atoms with Crippen molar-refractivity contribution in [3.05, 3.63) is 64.2 Å². The summed E-state index contributed by atoms with van der Waals surface area (Å²) in [5, 5.41) is 17.5. The fourth-order valence-corrected chi connectivity index (χ4v) is 2.03. The molecule has 0 aliphatic carbocycles. The zero-order chi connectivity index (χ0) is 16.8. The number of nitro benzene ring substituents is 1. The van der Waals surface area contributed by atoms with E-state index in [0.717, 1.165) is 5.69 Å². The van der Waals surface area contributed by atoms with E-state index in [-0.39, 0.29) is 11.6 Å². The van der Waals surface area contributed by atoms with E-state index in [2.05, 4.69) is 10.2 Å². The Balaban J connectivity index is 2.39. The predicted molar refractivity (Wildman–Crippen MR) is 89.5 cm³/mol. The summed E-state index contributed by atoms with van der Waals surface area (Å²) < 4.78 is 0. The highest BCUT2D eigenvalue weighted by atomic mass is 16.6. The highest BCUT2D eigenvalue weighted by molar-refractivity contribution is 5.81. The summed E-state index contributed by atoms with van der Waals surface area (Å²) in [7, 11) is 1.78. The molecule has 0 radical (unpaired) electrons. The van der Waals surface area contributed by atoms with Crippen molar-refractivity contribution in [1.82, 2.24) is 0 Å². The lowest BCUT2D eigenvalue weighted by molar-refractivity contribution is -0.456. The molecule has 2 aromatic carbocycles. The number of guanidine groups is 1. The molecule has 0 amide bonds. The van der Waals surface area contributed by atoms with Gasteiger partial charge < -0.3 is 16.4 Å². The summed E-state index contributed by atoms with van der Waals surface area (Å²) in [4.78, 5) is 12.7. The fourth-order valence-electron chi connectivity index (χ4n) is 2.03. The lowest BCUT2D eigenvalue weighted by Gasteiger charge is -2.19. The van der Waals surface area contributed by atoms with Gasteiger partial charge in [0, 0.05) is 29.5 Å². The van der Waals surface area contributed by atoms with E-state index in [1.807, 2.05) is 30.3 Å². The van der Waals surface area contributed by atoms with E-state index in [1.165, 1.54) is 12.3 Å². The first-order chi connectivity index (χ1) is 11.0. The van der Waals surface area contributed by atoms with Gasteiger partial charge in [0.2, 0.25) is 6.21 Å². The van der Waals surface area contributed by atoms with Crippen LogP contribution in [-0.2, 0) is 0 Å². The van der Waals surface area contributed by atoms with Crippen LogP contribution in [-0.4, -0.2) is 24.1 Å². The van der Waals surface area contributed by atoms with Crippen LogP contribution in [0.5, 0.6) is 0 Å². The zero-order valence-corrected chi connectivity index (χ0v) is 12.5. The topological polar surface area (TPSA) is 125 Å². The average molecular weight is 313 g/mol. The number of anilines is 2. The second kappa shape index (κ2) is 7.03. The molecule has 118 valence electrons. The largest absolute Gasteiger partial charge is 0.365 e. The van der Waals surface area contributed by atoms with Crippen LogP contribution < -0.4 is 21.5 Å². The number of rotatable bonds is 5. The molecule has 0 spiro atoms. The summed E-state index contributed by atoms with van der Waals surface area (Å²) in [5.74, 6) is -0.129. The van der Waals surface area contributed by atoms with E-state index >= 15 is 0 Å². The normalized spacial score (nSPS) is 10.5. The molecule has 0 atom stereocenters. The number of nitrogens with zero attached hydrogens (tertiary/aromatic N) is 3. The van der Waals surface area contributed by atoms with Gasteiger partial charge in [-0.05, 0) is 24.3 Å². The van der Waals surface area contributed by atoms with Gasteiger partial charge in [0.05, 0.1) is 4.92 Å². The molecule has 2 aromatic rings. The number of nitro groups is 1. The average Bonchev–Trinajstić information content (AvgIpc) is 2.54. The van der Waals surface area contributed by atoms with Crippen molar-refractivity contribution in [3.63, 3.8) is 0 Å². The quantitative estimate of drug-likeness (QED) is 0.311. The van der Waals surface area contributed by atoms with Crippen LogP contribution >= 0.6 is 0 Å². The summed E-state index contributed by atoms with van der Waals surface area (Å²) >= 11 is 0. The second-order valence-corrected chi connectivity index (χ2v) is 4.71. The fraction of sp³-hybridized carbons (Fsp3) is 0.0667. The Labute approximate surface area is 132 Å². The molecule has 8 nitrogen and oxygen atoms in total. The van der Waals surface area contributed by atoms with Crippen molar-refractivity contribution in [2.45, 2.75) is 0 Å². The van der Waals surface area contributed by atoms with E-state index in [0.29, 0.717) is 11.3 Å². The minimum absolute atomic E-state index is 0.0170. The molecule has 0 unspecified atom stereocenters. The number of para-hydroxylation sites is 1. The Morgan fingerprint density at radius 3 is 2.57 bits per heavy atom. The van der Waals surface area contributed by atoms with E-state index in [4.69, 9.17) is 11.5 Å². The van der Waals surface area contributed by atoms with Crippen molar-refractivity contribution >= 4 is 29.2 Å². The smallest absolute Gasteiger partial charge is 0.293 e. The Hall–Kier alpha value is -3.42. The standard InChI is InChI=1S/C15H16N6O2/c1-20(12-5-3-2-4-6-12)13-8-7-11(9-14(13)21(22)23)10-18-19-15(16)17/h2-10H,1H3,(H4,16,17,19)/p+1/b18-10-. The molecule has 23 heavy (non-hydrogen) atoms. The molecule has 0 aliphatic rings. The maximum atomic E-state index is 11.4. The Kier molecular flexibility index (Phi) is 4.88. The second-order valence-electron chi connectivity index (χ2n) is 4.71. The summed E-state index contributed by atoms with van der Waals surface area (Å²) in [6, 6.07) is 14.3. The number of nitrogens with one attached hydrogen (secondary N) is 1. The molecule has 0 saturated heterocycles. The van der Waals surface area contributed by atoms with Gasteiger partial charge in [0.15, 0.2) is 0 Å². The minimum atomic E-state index is -0.424. The lowest BCUT2D eigenvalue weighted by atomic mass is 10.1. The number of hydrazone groups is 1. The third-order valence-electron chi connectivity index (χ3n) is 3.13. The maximum Gasteiger partial charge on any atom is 0.293 e. The number of nitrogens with two attached hydrogens (primary N) is 2. The monoisotopic (exact) mass is 313 g/mol. The highest BCUT2D eigenvalue weighted by Gasteiger charge is 2.19. The molecule has 0 aromatic heterocycles. The highest BCUT2D eigenvalue weighted by Crippen LogP contribution is 2.32. The van der Waals surface area contributed by atoms with Gasteiger partial charge in [-0.1, -0.05) is 18.2 Å². The van der Waals surface area contributed by atoms with Crippen molar-refractivity contribution in [1.29, 1.82) is 0 Å². The van der Waals surface area contributed by atoms with Gasteiger partial charge in [-0.2, -0.15) is 0 Å². The van der Waals surface area contributed by atoms with Gasteiger partial charge >= 0.3 is 0 Å². The van der Waals surface area contributed by atoms with Crippen LogP contribution in [0, 0.1) is 10.1 Å². The van der Waals surface area contributed by atoms with Crippen molar-refractivity contribution < 1.29 is 10.0 Å². The number of benzene rings is 2. The summed E-state index contributed by atoms with van der Waals surface area (Å²) in [6.07, 6.45) is 1.47. The van der Waals surface area contributed by atoms with Crippen LogP contribution in [0.4, 0.5) is 17.1 Å². The van der Waals surface area contributed by atoms with Crippen LogP contribution in [0.3, 0.4) is 0 Å². The molecular weight excluding hydrogens is 296 g/mol. The minimum Gasteiger partial charge on any atom is -0.365 e. The SMILES string of the molecule is CN(c1ccccc1)c1ccc(/C=[NH+]\N=C(N)N)cc1[N+](=O)[O-]. The van der Waals surface area contributed by atoms with Crippen LogP contribution in [0.15, 0.2) is 53.6 Å². The number of hydrogen-bond donors (Lipinski definition) is 3. The van der Waals surface area contributed by atoms with Gasteiger partial charge in [0.1, 0.15) is 5.69 Å². The van der Waals surface area contributed by atoms with Gasteiger partial charge in [-0.3, -0.25) is 10.1 Å². The van der Waals surface area contributed by atoms with Crippen LogP contribution in [0.2, 0.25) is 0 Å². The lowest BCUT2D eigenvalue weighted by Crippen LogP contribution is -2.63. The van der Waals surface area contributed by atoms with Crippen LogP contribution in [0.25, 0.3) is 0 Å². The molecule has 0 aliphatic heterocycles. The molecule has 0 bridgehead atoms. The van der Waals surface area contributed by atoms with Gasteiger partial charge in [-0.25, -0.2) is 0 Å². The first kappa shape index (κ1) is 16.0. The molecule has 0 saturated carbocycles. The van der Waals surface area contributed by atoms with E-state index in [1.54, 1.807) is 24.1 Å². The van der Waals surface area contributed by atoms with Crippen molar-refractivity contribution in [2.24, 2.45) is 16.6 Å². The number of hydrogen-bond acceptors (Lipinski definition) is 4. The Morgan fingerprint density at radius 2 is 1.96 bits per heavy atom. The zero-order valence-electron chi connectivity index (χ0n) is 12.5. The van der Waals surface area contributed by atoms with Gasteiger partial charge in [-0.15, -0.1) is 5.10 Å². The summed E-state index contributed by atoms with van der Waals surface area (Å²) in [5.41, 5.74) is 12.3. The molecule has 2 rings (SSSR count). The molecular formula is C15H17N6O2+. The first-order valence-corrected chi connectivity index (χ1v) is 6.73. The third kappa shape index (κ3) is 4.03.